The second kappa shape index (κ2) is 4.74. The molecular formula is C17H15NO3. The highest BCUT2D eigenvalue weighted by molar-refractivity contribution is 5.98. The average Bonchev–Trinajstić information content (AvgIpc) is 2.48. The first-order valence-electron chi connectivity index (χ1n) is 6.72. The van der Waals surface area contributed by atoms with Crippen LogP contribution in [0.2, 0.25) is 0 Å². The summed E-state index contributed by atoms with van der Waals surface area (Å²) >= 11 is 0. The number of esters is 1. The van der Waals surface area contributed by atoms with E-state index in [9.17, 15) is 9.59 Å². The van der Waals surface area contributed by atoms with E-state index in [0.29, 0.717) is 11.3 Å². The molecule has 106 valence electrons. The van der Waals surface area contributed by atoms with Gasteiger partial charge < -0.3 is 4.74 Å². The van der Waals surface area contributed by atoms with Crippen LogP contribution in [-0.2, 0) is 4.79 Å². The van der Waals surface area contributed by atoms with Gasteiger partial charge in [-0.1, -0.05) is 24.3 Å². The highest BCUT2D eigenvalue weighted by atomic mass is 16.5. The standard InChI is InChI=1S/C17H15NO3/c1-10-15-14-7-5-4-6-13(14)8-9-18(15)17(20)11(2)16(10)21-12(3)19/h4-9H,1-3H3. The summed E-state index contributed by atoms with van der Waals surface area (Å²) in [6.45, 7) is 4.88. The molecule has 2 heterocycles. The lowest BCUT2D eigenvalue weighted by Gasteiger charge is -2.14. The zero-order chi connectivity index (χ0) is 15.1. The third-order valence-electron chi connectivity index (χ3n) is 3.68. The summed E-state index contributed by atoms with van der Waals surface area (Å²) in [4.78, 5) is 23.8. The zero-order valence-electron chi connectivity index (χ0n) is 12.1. The Hall–Kier alpha value is -2.62. The van der Waals surface area contributed by atoms with E-state index in [1.165, 1.54) is 6.92 Å². The molecule has 4 heteroatoms. The van der Waals surface area contributed by atoms with Crippen LogP contribution in [0.3, 0.4) is 0 Å². The molecule has 0 radical (unpaired) electrons. The Balaban J connectivity index is 2.55. The Morgan fingerprint density at radius 3 is 2.52 bits per heavy atom. The maximum absolute atomic E-state index is 12.5. The first kappa shape index (κ1) is 13.4. The van der Waals surface area contributed by atoms with Gasteiger partial charge in [-0.3, -0.25) is 14.0 Å². The largest absolute Gasteiger partial charge is 0.426 e. The minimum atomic E-state index is -0.426. The first-order chi connectivity index (χ1) is 10.0. The molecule has 1 aromatic carbocycles. The number of benzene rings is 1. The van der Waals surface area contributed by atoms with Crippen molar-refractivity contribution in [3.8, 4) is 5.75 Å². The summed E-state index contributed by atoms with van der Waals surface area (Å²) < 4.78 is 6.87. The van der Waals surface area contributed by atoms with Gasteiger partial charge in [-0.2, -0.15) is 0 Å². The quantitative estimate of drug-likeness (QED) is 0.509. The van der Waals surface area contributed by atoms with Gasteiger partial charge in [0.2, 0.25) is 0 Å². The molecule has 3 rings (SSSR count). The highest BCUT2D eigenvalue weighted by Crippen LogP contribution is 2.29. The normalized spacial score (nSPS) is 11.0. The Kier molecular flexibility index (Phi) is 3.01. The Bertz CT molecular complexity index is 938. The van der Waals surface area contributed by atoms with Gasteiger partial charge in [-0.05, 0) is 25.3 Å². The maximum Gasteiger partial charge on any atom is 0.308 e. The monoisotopic (exact) mass is 281 g/mol. The van der Waals surface area contributed by atoms with Crippen LogP contribution in [0.5, 0.6) is 5.75 Å². The third-order valence-corrected chi connectivity index (χ3v) is 3.68. The molecule has 0 fully saturated rings. The molecule has 0 aliphatic rings. The van der Waals surface area contributed by atoms with Gasteiger partial charge in [0.15, 0.2) is 0 Å². The van der Waals surface area contributed by atoms with Gasteiger partial charge in [-0.15, -0.1) is 0 Å². The number of rotatable bonds is 1. The van der Waals surface area contributed by atoms with Gasteiger partial charge in [0.1, 0.15) is 5.75 Å². The summed E-state index contributed by atoms with van der Waals surface area (Å²) in [5.41, 5.74) is 1.84. The van der Waals surface area contributed by atoms with Crippen molar-refractivity contribution in [3.05, 3.63) is 58.0 Å². The van der Waals surface area contributed by atoms with E-state index in [2.05, 4.69) is 0 Å². The van der Waals surface area contributed by atoms with Crippen molar-refractivity contribution < 1.29 is 9.53 Å². The molecule has 0 N–H and O–H groups in total. The SMILES string of the molecule is CC(=O)Oc1c(C)c(=O)n2ccc3ccccc3c2c1C. The summed E-state index contributed by atoms with van der Waals surface area (Å²) in [6.07, 6.45) is 1.76. The number of aryl methyl sites for hydroxylation is 1. The number of carbonyl (C=O) groups excluding carboxylic acids is 1. The van der Waals surface area contributed by atoms with Crippen molar-refractivity contribution in [1.29, 1.82) is 0 Å². The second-order valence-corrected chi connectivity index (χ2v) is 5.10. The van der Waals surface area contributed by atoms with Gasteiger partial charge in [0.25, 0.3) is 5.56 Å². The Morgan fingerprint density at radius 1 is 1.10 bits per heavy atom. The smallest absolute Gasteiger partial charge is 0.308 e. The lowest BCUT2D eigenvalue weighted by molar-refractivity contribution is -0.131. The van der Waals surface area contributed by atoms with Crippen molar-refractivity contribution in [2.45, 2.75) is 20.8 Å². The van der Waals surface area contributed by atoms with Crippen molar-refractivity contribution in [2.24, 2.45) is 0 Å². The predicted octanol–water partition coefficient (Wildman–Crippen LogP) is 2.99. The van der Waals surface area contributed by atoms with E-state index >= 15 is 0 Å². The molecule has 0 bridgehead atoms. The molecule has 0 unspecified atom stereocenters. The molecule has 4 nitrogen and oxygen atoms in total. The Morgan fingerprint density at radius 2 is 1.81 bits per heavy atom. The van der Waals surface area contributed by atoms with Crippen molar-refractivity contribution in [2.75, 3.05) is 0 Å². The number of hydrogen-bond donors (Lipinski definition) is 0. The number of carbonyl (C=O) groups is 1. The molecule has 0 amide bonds. The maximum atomic E-state index is 12.5. The number of pyridine rings is 2. The fourth-order valence-electron chi connectivity index (χ4n) is 2.73. The molecule has 0 aliphatic heterocycles. The molecule has 0 atom stereocenters. The second-order valence-electron chi connectivity index (χ2n) is 5.10. The van der Waals surface area contributed by atoms with Crippen molar-refractivity contribution in [3.63, 3.8) is 0 Å². The van der Waals surface area contributed by atoms with Crippen LogP contribution in [0, 0.1) is 13.8 Å². The number of hydrogen-bond acceptors (Lipinski definition) is 3. The molecule has 21 heavy (non-hydrogen) atoms. The van der Waals surface area contributed by atoms with E-state index in [1.54, 1.807) is 17.5 Å². The minimum Gasteiger partial charge on any atom is -0.426 e. The zero-order valence-corrected chi connectivity index (χ0v) is 12.1. The summed E-state index contributed by atoms with van der Waals surface area (Å²) in [6, 6.07) is 9.74. The molecular weight excluding hydrogens is 266 g/mol. The lowest BCUT2D eigenvalue weighted by Crippen LogP contribution is -2.20. The fourth-order valence-corrected chi connectivity index (χ4v) is 2.73. The van der Waals surface area contributed by atoms with Crippen LogP contribution in [-0.4, -0.2) is 10.4 Å². The lowest BCUT2D eigenvalue weighted by atomic mass is 10.1. The predicted molar refractivity (Wildman–Crippen MR) is 82.0 cm³/mol. The topological polar surface area (TPSA) is 47.8 Å². The van der Waals surface area contributed by atoms with Gasteiger partial charge in [-0.25, -0.2) is 0 Å². The van der Waals surface area contributed by atoms with Gasteiger partial charge in [0.05, 0.1) is 11.1 Å². The van der Waals surface area contributed by atoms with E-state index < -0.39 is 5.97 Å². The average molecular weight is 281 g/mol. The number of nitrogens with zero attached hydrogens (tertiary/aromatic N) is 1. The van der Waals surface area contributed by atoms with E-state index in [0.717, 1.165) is 21.9 Å². The van der Waals surface area contributed by atoms with E-state index in [4.69, 9.17) is 4.74 Å². The highest BCUT2D eigenvalue weighted by Gasteiger charge is 2.16. The van der Waals surface area contributed by atoms with Crippen molar-refractivity contribution in [1.82, 2.24) is 4.40 Å². The summed E-state index contributed by atoms with van der Waals surface area (Å²) in [5.74, 6) is -0.0611. The van der Waals surface area contributed by atoms with Gasteiger partial charge in [0, 0.05) is 24.1 Å². The number of fused-ring (bicyclic) bond motifs is 3. The first-order valence-corrected chi connectivity index (χ1v) is 6.72. The fraction of sp³-hybridized carbons (Fsp3) is 0.176. The van der Waals surface area contributed by atoms with Gasteiger partial charge >= 0.3 is 5.97 Å². The molecule has 0 aliphatic carbocycles. The van der Waals surface area contributed by atoms with E-state index in [-0.39, 0.29) is 5.56 Å². The van der Waals surface area contributed by atoms with Crippen LogP contribution in [0.25, 0.3) is 16.3 Å². The molecule has 0 saturated heterocycles. The number of aromatic nitrogens is 1. The van der Waals surface area contributed by atoms with Crippen LogP contribution in [0.1, 0.15) is 18.1 Å². The molecule has 0 spiro atoms. The summed E-state index contributed by atoms with van der Waals surface area (Å²) in [5, 5.41) is 2.00. The van der Waals surface area contributed by atoms with Crippen molar-refractivity contribution >= 4 is 22.3 Å². The summed E-state index contributed by atoms with van der Waals surface area (Å²) in [7, 11) is 0. The van der Waals surface area contributed by atoms with Crippen LogP contribution in [0.4, 0.5) is 0 Å². The van der Waals surface area contributed by atoms with Crippen LogP contribution >= 0.6 is 0 Å². The molecule has 0 saturated carbocycles. The Labute approximate surface area is 121 Å². The number of ether oxygens (including phenoxy) is 1. The molecule has 3 aromatic rings. The van der Waals surface area contributed by atoms with Crippen LogP contribution in [0.15, 0.2) is 41.3 Å². The minimum absolute atomic E-state index is 0.169. The van der Waals surface area contributed by atoms with E-state index in [1.807, 2.05) is 37.3 Å². The van der Waals surface area contributed by atoms with Crippen LogP contribution < -0.4 is 10.3 Å². The third kappa shape index (κ3) is 2.00. The molecule has 2 aromatic heterocycles.